The lowest BCUT2D eigenvalue weighted by Gasteiger charge is -2.26. The largest absolute Gasteiger partial charge is 0.457 e. The molecule has 0 radical (unpaired) electrons. The molecule has 0 saturated carbocycles. The second kappa shape index (κ2) is 17.4. The predicted molar refractivity (Wildman–Crippen MR) is 310 cm³/mol. The molecule has 0 saturated heterocycles. The molecule has 0 aliphatic carbocycles. The first-order valence-corrected chi connectivity index (χ1v) is 25.1. The normalized spacial score (nSPS) is 14.4. The Labute approximate surface area is 444 Å². The summed E-state index contributed by atoms with van der Waals surface area (Å²) in [7, 11) is 0. The Morgan fingerprint density at radius 3 is 1.81 bits per heavy atom. The van der Waals surface area contributed by atoms with Crippen molar-refractivity contribution in [1.29, 1.82) is 0 Å². The molecule has 0 spiro atoms. The van der Waals surface area contributed by atoms with E-state index in [-0.39, 0.29) is 32.6 Å². The van der Waals surface area contributed by atoms with Gasteiger partial charge in [-0.2, -0.15) is 0 Å². The monoisotopic (exact) mass is 968 g/mol. The van der Waals surface area contributed by atoms with Crippen LogP contribution in [0.5, 0.6) is 11.5 Å². The molecule has 1 aliphatic heterocycles. The van der Waals surface area contributed by atoms with E-state index in [4.69, 9.17) is 15.2 Å². The van der Waals surface area contributed by atoms with E-state index in [2.05, 4.69) is 153 Å². The lowest BCUT2D eigenvalue weighted by atomic mass is 9.85. The van der Waals surface area contributed by atoms with Crippen LogP contribution in [0.4, 0.5) is 22.7 Å². The molecular formula is C68H57N5O. The summed E-state index contributed by atoms with van der Waals surface area (Å²) in [4.78, 5) is 9.64. The standard InChI is InChI=1S/C68H57N5O/c1-67(2,3)49-34-35-69-65(40-49)73-60-31-18-15-28-57(60)66-63(72-58-29-16-13-26-55(58)56-27-14-17-30-59(56)72)42-54(43-64(66)73)74-53-25-19-24-51(41-53)70-44-71(62-38-47(32-33-61(62)70)45-20-9-7-10-21-45)52-37-48(46-22-11-8-12-23-46)36-50(39-52)68(4,5)6/h7-43H,44H2,1-6H3/i13D,14D,16D,17D,26D,27D,29D,30D. The number of fused-ring (bicyclic) bond motifs is 7. The van der Waals surface area contributed by atoms with Gasteiger partial charge in [0.2, 0.25) is 0 Å². The van der Waals surface area contributed by atoms with Crippen LogP contribution in [0.2, 0.25) is 0 Å². The van der Waals surface area contributed by atoms with Crippen molar-refractivity contribution in [1.82, 2.24) is 14.1 Å². The maximum absolute atomic E-state index is 9.51. The van der Waals surface area contributed by atoms with E-state index >= 15 is 0 Å². The van der Waals surface area contributed by atoms with Crippen LogP contribution >= 0.6 is 0 Å². The van der Waals surface area contributed by atoms with Gasteiger partial charge in [-0.3, -0.25) is 4.57 Å². The number of anilines is 4. The quantitative estimate of drug-likeness (QED) is 0.152. The van der Waals surface area contributed by atoms with Gasteiger partial charge in [-0.25, -0.2) is 4.98 Å². The van der Waals surface area contributed by atoms with E-state index in [0.717, 1.165) is 61.5 Å². The molecule has 360 valence electrons. The number of hydrogen-bond donors (Lipinski definition) is 0. The number of rotatable bonds is 8. The van der Waals surface area contributed by atoms with Crippen molar-refractivity contribution in [3.8, 4) is 45.3 Å². The minimum atomic E-state index is -0.511. The van der Waals surface area contributed by atoms with Crippen LogP contribution in [0, 0.1) is 0 Å². The molecular weight excluding hydrogens is 903 g/mol. The van der Waals surface area contributed by atoms with Gasteiger partial charge in [0.15, 0.2) is 0 Å². The van der Waals surface area contributed by atoms with E-state index in [9.17, 15) is 5.48 Å². The van der Waals surface area contributed by atoms with E-state index in [1.807, 2.05) is 66.7 Å². The Balaban J connectivity index is 1.03. The van der Waals surface area contributed by atoms with Crippen molar-refractivity contribution in [3.63, 3.8) is 0 Å². The molecule has 0 unspecified atom stereocenters. The molecule has 1 aliphatic rings. The highest BCUT2D eigenvalue weighted by molar-refractivity contribution is 6.17. The van der Waals surface area contributed by atoms with Crippen LogP contribution in [0.1, 0.15) is 63.6 Å². The molecule has 12 aromatic rings. The smallest absolute Gasteiger partial charge is 0.137 e. The Morgan fingerprint density at radius 1 is 0.432 bits per heavy atom. The maximum Gasteiger partial charge on any atom is 0.137 e. The number of para-hydroxylation sites is 3. The lowest BCUT2D eigenvalue weighted by molar-refractivity contribution is 0.483. The Kier molecular flexibility index (Phi) is 8.70. The van der Waals surface area contributed by atoms with Crippen LogP contribution in [0.3, 0.4) is 0 Å². The highest BCUT2D eigenvalue weighted by atomic mass is 16.5. The van der Waals surface area contributed by atoms with Gasteiger partial charge >= 0.3 is 0 Å². The highest BCUT2D eigenvalue weighted by Gasteiger charge is 2.31. The molecule has 6 heteroatoms. The van der Waals surface area contributed by atoms with Gasteiger partial charge in [0.05, 0.1) is 50.1 Å². The minimum Gasteiger partial charge on any atom is -0.457 e. The second-order valence-electron chi connectivity index (χ2n) is 21.2. The molecule has 0 atom stereocenters. The number of nitrogens with zero attached hydrogens (tertiary/aromatic N) is 5. The van der Waals surface area contributed by atoms with Gasteiger partial charge in [-0.1, -0.05) is 175 Å². The fraction of sp³-hybridized carbons (Fsp3) is 0.132. The lowest BCUT2D eigenvalue weighted by Crippen LogP contribution is -2.24. The van der Waals surface area contributed by atoms with Crippen LogP contribution in [0.15, 0.2) is 224 Å². The van der Waals surface area contributed by atoms with Crippen LogP contribution < -0.4 is 14.5 Å². The van der Waals surface area contributed by atoms with Crippen molar-refractivity contribution in [2.75, 3.05) is 16.5 Å². The fourth-order valence-electron chi connectivity index (χ4n) is 10.6. The zero-order valence-electron chi connectivity index (χ0n) is 50.1. The zero-order valence-corrected chi connectivity index (χ0v) is 42.1. The van der Waals surface area contributed by atoms with E-state index in [0.29, 0.717) is 40.6 Å². The van der Waals surface area contributed by atoms with Gasteiger partial charge in [0, 0.05) is 57.3 Å². The Morgan fingerprint density at radius 2 is 1.09 bits per heavy atom. The third-order valence-electron chi connectivity index (χ3n) is 14.4. The van der Waals surface area contributed by atoms with Crippen molar-refractivity contribution in [3.05, 3.63) is 236 Å². The van der Waals surface area contributed by atoms with E-state index in [1.54, 1.807) is 16.8 Å². The van der Waals surface area contributed by atoms with E-state index < -0.39 is 48.3 Å². The average Bonchev–Trinajstić information content (AvgIpc) is 2.07. The average molecular weight is 968 g/mol. The highest BCUT2D eigenvalue weighted by Crippen LogP contribution is 2.49. The summed E-state index contributed by atoms with van der Waals surface area (Å²) in [6.07, 6.45) is 1.80. The van der Waals surface area contributed by atoms with Crippen molar-refractivity contribution in [2.45, 2.75) is 52.4 Å². The molecule has 0 N–H and O–H groups in total. The first kappa shape index (κ1) is 37.0. The molecule has 0 fully saturated rings. The van der Waals surface area contributed by atoms with Gasteiger partial charge in [0.1, 0.15) is 24.0 Å². The second-order valence-corrected chi connectivity index (χ2v) is 21.2. The molecule has 74 heavy (non-hydrogen) atoms. The third-order valence-corrected chi connectivity index (χ3v) is 14.4. The summed E-state index contributed by atoms with van der Waals surface area (Å²) >= 11 is 0. The van der Waals surface area contributed by atoms with E-state index in [1.165, 1.54) is 5.56 Å². The third kappa shape index (κ3) is 7.77. The molecule has 0 amide bonds. The summed E-state index contributed by atoms with van der Waals surface area (Å²) < 4.78 is 83.8. The first-order valence-electron chi connectivity index (χ1n) is 29.1. The topological polar surface area (TPSA) is 38.5 Å². The number of pyridine rings is 1. The molecule has 6 nitrogen and oxygen atoms in total. The van der Waals surface area contributed by atoms with Crippen LogP contribution in [-0.4, -0.2) is 20.8 Å². The summed E-state index contributed by atoms with van der Waals surface area (Å²) in [5.74, 6) is 1.49. The minimum absolute atomic E-state index is 0.00901. The predicted octanol–water partition coefficient (Wildman–Crippen LogP) is 18.2. The molecule has 13 rings (SSSR count). The Bertz CT molecular complexity index is 4520. The van der Waals surface area contributed by atoms with Crippen LogP contribution in [-0.2, 0) is 10.8 Å². The zero-order chi connectivity index (χ0) is 57.3. The first-order chi connectivity index (χ1) is 39.3. The molecule has 9 aromatic carbocycles. The van der Waals surface area contributed by atoms with Crippen LogP contribution in [0.25, 0.3) is 77.4 Å². The number of hydrogen-bond acceptors (Lipinski definition) is 4. The molecule has 4 heterocycles. The van der Waals surface area contributed by atoms with Gasteiger partial charge in [-0.15, -0.1) is 0 Å². The maximum atomic E-state index is 9.51. The summed E-state index contributed by atoms with van der Waals surface area (Å²) in [5, 5.41) is 1.39. The summed E-state index contributed by atoms with van der Waals surface area (Å²) in [6, 6.07) is 54.5. The number of aromatic nitrogens is 3. The fourth-order valence-corrected chi connectivity index (χ4v) is 10.6. The Hall–Kier alpha value is -8.87. The summed E-state index contributed by atoms with van der Waals surface area (Å²) in [5.41, 5.74) is 12.2. The van der Waals surface area contributed by atoms with Crippen molar-refractivity contribution in [2.24, 2.45) is 0 Å². The molecule has 3 aromatic heterocycles. The van der Waals surface area contributed by atoms with Gasteiger partial charge in [-0.05, 0) is 111 Å². The molecule has 0 bridgehead atoms. The van der Waals surface area contributed by atoms with Crippen molar-refractivity contribution >= 4 is 66.4 Å². The SMILES string of the molecule is [2H]c1c([2H])c([2H])c2c(c1[2H])c1c([2H])c([2H])c([2H])c([2H])c1n2-c1cc(Oc2cccc(N3CN(c4cc(-c5ccccc5)cc(C(C)(C)C)c4)c4cc(-c5ccccc5)ccc43)c2)cc2c1c1ccccc1n2-c1cc(C(C)(C)C)ccn1. The number of benzene rings is 9. The van der Waals surface area contributed by atoms with Gasteiger partial charge in [0.25, 0.3) is 0 Å². The number of ether oxygens (including phenoxy) is 1. The van der Waals surface area contributed by atoms with Crippen molar-refractivity contribution < 1.29 is 15.7 Å². The van der Waals surface area contributed by atoms with Gasteiger partial charge < -0.3 is 19.1 Å². The summed E-state index contributed by atoms with van der Waals surface area (Å²) in [6.45, 7) is 13.7.